The second kappa shape index (κ2) is 1.83. The van der Waals surface area contributed by atoms with E-state index in [0.29, 0.717) is 12.1 Å². The zero-order valence-electron chi connectivity index (χ0n) is 5.24. The van der Waals surface area contributed by atoms with Crippen LogP contribution in [-0.4, -0.2) is 21.2 Å². The molecule has 0 amide bonds. The summed E-state index contributed by atoms with van der Waals surface area (Å²) in [6.07, 6.45) is 2.94. The quantitative estimate of drug-likeness (QED) is 0.502. The first kappa shape index (κ1) is 5.46. The third-order valence-corrected chi connectivity index (χ3v) is 1.60. The van der Waals surface area contributed by atoms with Gasteiger partial charge in [0.15, 0.2) is 5.78 Å². The molecule has 1 aromatic heterocycles. The Kier molecular flexibility index (Phi) is 1.00. The Hall–Kier alpha value is -1.32. The Bertz CT molecular complexity index is 284. The highest BCUT2D eigenvalue weighted by molar-refractivity contribution is 5.98. The maximum absolute atomic E-state index is 10.9. The van der Waals surface area contributed by atoms with Crippen molar-refractivity contribution in [1.82, 2.24) is 15.4 Å². The number of nitrogens with zero attached hydrogens (tertiary/aromatic N) is 3. The van der Waals surface area contributed by atoms with Crippen LogP contribution in [0.2, 0.25) is 0 Å². The number of rotatable bonds is 0. The summed E-state index contributed by atoms with van der Waals surface area (Å²) in [6.45, 7) is 0. The summed E-state index contributed by atoms with van der Waals surface area (Å²) in [5.74, 6) is 0.0879. The molecule has 0 aliphatic heterocycles. The molecule has 1 aliphatic rings. The average molecular weight is 135 g/mol. The lowest BCUT2D eigenvalue weighted by atomic mass is 10.3. The van der Waals surface area contributed by atoms with Gasteiger partial charge in [-0.3, -0.25) is 4.79 Å². The first-order valence-electron chi connectivity index (χ1n) is 3.08. The Labute approximate surface area is 57.3 Å². The normalized spacial score (nSPS) is 15.4. The topological polar surface area (TPSA) is 55.7 Å². The van der Waals surface area contributed by atoms with Crippen LogP contribution in [-0.2, 0) is 6.42 Å². The lowest BCUT2D eigenvalue weighted by Crippen LogP contribution is -1.98. The van der Waals surface area contributed by atoms with Gasteiger partial charge in [-0.15, -0.1) is 10.2 Å². The molecule has 0 fully saturated rings. The summed E-state index contributed by atoms with van der Waals surface area (Å²) in [5.41, 5.74) is 1.44. The van der Waals surface area contributed by atoms with E-state index in [1.807, 2.05) is 0 Å². The molecule has 10 heavy (non-hydrogen) atoms. The van der Waals surface area contributed by atoms with Crippen LogP contribution < -0.4 is 0 Å². The Morgan fingerprint density at radius 2 is 2.30 bits per heavy atom. The molecule has 0 N–H and O–H groups in total. The molecule has 0 aromatic carbocycles. The van der Waals surface area contributed by atoms with Crippen LogP contribution in [0.1, 0.15) is 22.5 Å². The minimum Gasteiger partial charge on any atom is -0.292 e. The lowest BCUT2D eigenvalue weighted by molar-refractivity contribution is 0.0989. The number of hydrogen-bond donors (Lipinski definition) is 0. The Balaban J connectivity index is 2.61. The molecule has 4 nitrogen and oxygen atoms in total. The van der Waals surface area contributed by atoms with Crippen LogP contribution in [0.4, 0.5) is 0 Å². The van der Waals surface area contributed by atoms with Crippen LogP contribution >= 0.6 is 0 Å². The highest BCUT2D eigenvalue weighted by Crippen LogP contribution is 2.16. The van der Waals surface area contributed by atoms with Gasteiger partial charge in [-0.2, -0.15) is 0 Å². The van der Waals surface area contributed by atoms with Gasteiger partial charge >= 0.3 is 0 Å². The fraction of sp³-hybridized carbons (Fsp3) is 0.333. The van der Waals surface area contributed by atoms with Crippen molar-refractivity contribution >= 4 is 5.78 Å². The third-order valence-electron chi connectivity index (χ3n) is 1.60. The third kappa shape index (κ3) is 0.618. The van der Waals surface area contributed by atoms with Crippen molar-refractivity contribution in [3.8, 4) is 0 Å². The SMILES string of the molecule is O=C1CCc2cnnnc21. The zero-order valence-corrected chi connectivity index (χ0v) is 5.24. The van der Waals surface area contributed by atoms with E-state index in [4.69, 9.17) is 0 Å². The fourth-order valence-corrected chi connectivity index (χ4v) is 1.08. The zero-order chi connectivity index (χ0) is 6.97. The summed E-state index contributed by atoms with van der Waals surface area (Å²) < 4.78 is 0. The van der Waals surface area contributed by atoms with E-state index in [-0.39, 0.29) is 5.78 Å². The Morgan fingerprint density at radius 1 is 1.40 bits per heavy atom. The van der Waals surface area contributed by atoms with Crippen molar-refractivity contribution in [1.29, 1.82) is 0 Å². The second-order valence-electron chi connectivity index (χ2n) is 2.23. The first-order valence-corrected chi connectivity index (χ1v) is 3.08. The summed E-state index contributed by atoms with van der Waals surface area (Å²) in [5, 5.41) is 10.6. The smallest absolute Gasteiger partial charge is 0.183 e. The predicted molar refractivity (Wildman–Crippen MR) is 32.5 cm³/mol. The first-order chi connectivity index (χ1) is 4.88. The second-order valence-corrected chi connectivity index (χ2v) is 2.23. The number of carbonyl (C=O) groups excluding carboxylic acids is 1. The molecule has 0 bridgehead atoms. The fourth-order valence-electron chi connectivity index (χ4n) is 1.08. The number of ketones is 1. The van der Waals surface area contributed by atoms with Gasteiger partial charge in [0.05, 0.1) is 6.20 Å². The molecule has 50 valence electrons. The summed E-state index contributed by atoms with van der Waals surface area (Å²) >= 11 is 0. The van der Waals surface area contributed by atoms with Crippen molar-refractivity contribution in [2.24, 2.45) is 0 Å². The highest BCUT2D eigenvalue weighted by Gasteiger charge is 2.20. The van der Waals surface area contributed by atoms with Gasteiger partial charge in [-0.05, 0) is 11.6 Å². The van der Waals surface area contributed by atoms with E-state index in [1.165, 1.54) is 0 Å². The van der Waals surface area contributed by atoms with Crippen LogP contribution in [0.25, 0.3) is 0 Å². The minimum atomic E-state index is 0.0879. The summed E-state index contributed by atoms with van der Waals surface area (Å²) in [4.78, 5) is 10.9. The van der Waals surface area contributed by atoms with Crippen LogP contribution in [0.15, 0.2) is 6.20 Å². The molecule has 0 saturated heterocycles. The summed E-state index contributed by atoms with van der Waals surface area (Å²) in [7, 11) is 0. The van der Waals surface area contributed by atoms with Gasteiger partial charge in [-0.1, -0.05) is 0 Å². The molecular weight excluding hydrogens is 130 g/mol. The summed E-state index contributed by atoms with van der Waals surface area (Å²) in [6, 6.07) is 0. The lowest BCUT2D eigenvalue weighted by Gasteiger charge is -1.88. The molecule has 1 aliphatic carbocycles. The molecule has 0 saturated carbocycles. The van der Waals surface area contributed by atoms with Gasteiger partial charge in [-0.25, -0.2) is 0 Å². The maximum Gasteiger partial charge on any atom is 0.183 e. The van der Waals surface area contributed by atoms with Gasteiger partial charge in [0.2, 0.25) is 0 Å². The van der Waals surface area contributed by atoms with Crippen molar-refractivity contribution in [2.75, 3.05) is 0 Å². The molecule has 0 atom stereocenters. The van der Waals surface area contributed by atoms with Crippen molar-refractivity contribution in [3.63, 3.8) is 0 Å². The van der Waals surface area contributed by atoms with E-state index < -0.39 is 0 Å². The predicted octanol–water partition coefficient (Wildman–Crippen LogP) is 0.000500. The minimum absolute atomic E-state index is 0.0879. The van der Waals surface area contributed by atoms with E-state index in [0.717, 1.165) is 12.0 Å². The molecule has 1 aromatic rings. The van der Waals surface area contributed by atoms with Gasteiger partial charge in [0.1, 0.15) is 5.69 Å². The largest absolute Gasteiger partial charge is 0.292 e. The monoisotopic (exact) mass is 135 g/mol. The van der Waals surface area contributed by atoms with Gasteiger partial charge < -0.3 is 0 Å². The van der Waals surface area contributed by atoms with Crippen molar-refractivity contribution in [2.45, 2.75) is 12.8 Å². The molecular formula is C6H5N3O. The molecule has 1 heterocycles. The van der Waals surface area contributed by atoms with E-state index in [2.05, 4.69) is 15.4 Å². The van der Waals surface area contributed by atoms with E-state index in [1.54, 1.807) is 6.20 Å². The number of carbonyl (C=O) groups is 1. The van der Waals surface area contributed by atoms with Gasteiger partial charge in [0.25, 0.3) is 0 Å². The van der Waals surface area contributed by atoms with Crippen LogP contribution in [0.3, 0.4) is 0 Å². The Morgan fingerprint density at radius 3 is 3.10 bits per heavy atom. The van der Waals surface area contributed by atoms with Crippen molar-refractivity contribution < 1.29 is 4.79 Å². The molecule has 0 radical (unpaired) electrons. The molecule has 0 spiro atoms. The highest BCUT2D eigenvalue weighted by atomic mass is 16.1. The standard InChI is InChI=1S/C6H5N3O/c10-5-2-1-4-3-7-9-8-6(4)5/h3H,1-2H2. The van der Waals surface area contributed by atoms with Gasteiger partial charge in [0, 0.05) is 12.0 Å². The average Bonchev–Trinajstić information content (AvgIpc) is 2.34. The van der Waals surface area contributed by atoms with Crippen LogP contribution in [0, 0.1) is 0 Å². The molecule has 0 unspecified atom stereocenters. The number of hydrogen-bond acceptors (Lipinski definition) is 4. The molecule has 4 heteroatoms. The maximum atomic E-state index is 10.9. The van der Waals surface area contributed by atoms with E-state index >= 15 is 0 Å². The number of aromatic nitrogens is 3. The molecule has 2 rings (SSSR count). The number of Topliss-reactive ketones (excluding diaryl/α,β-unsaturated/α-hetero) is 1. The van der Waals surface area contributed by atoms with E-state index in [9.17, 15) is 4.79 Å². The van der Waals surface area contributed by atoms with Crippen LogP contribution in [0.5, 0.6) is 0 Å². The number of aryl methyl sites for hydroxylation is 1. The number of fused-ring (bicyclic) bond motifs is 1. The van der Waals surface area contributed by atoms with Crippen molar-refractivity contribution in [3.05, 3.63) is 17.5 Å².